The summed E-state index contributed by atoms with van der Waals surface area (Å²) in [6, 6.07) is 17.3. The maximum Gasteiger partial charge on any atom is 0.338 e. The third-order valence-corrected chi connectivity index (χ3v) is 4.35. The number of ether oxygens (including phenoxy) is 1. The summed E-state index contributed by atoms with van der Waals surface area (Å²) in [7, 11) is 0. The molecular weight excluding hydrogens is 310 g/mol. The van der Waals surface area contributed by atoms with E-state index >= 15 is 0 Å². The molecular formula is C19H20ClNO2. The molecule has 2 aromatic rings. The third kappa shape index (κ3) is 4.57. The number of likely N-dealkylation sites (tertiary alicyclic amines) is 1. The fourth-order valence-electron chi connectivity index (χ4n) is 2.86. The summed E-state index contributed by atoms with van der Waals surface area (Å²) in [5.41, 5.74) is 1.84. The van der Waals surface area contributed by atoms with Crippen LogP contribution in [0.25, 0.3) is 0 Å². The normalized spacial score (nSPS) is 16.2. The lowest BCUT2D eigenvalue weighted by atomic mass is 10.1. The average Bonchev–Trinajstić information content (AvgIpc) is 2.57. The number of benzene rings is 2. The van der Waals surface area contributed by atoms with Gasteiger partial charge in [-0.3, -0.25) is 4.90 Å². The highest BCUT2D eigenvalue weighted by molar-refractivity contribution is 6.30. The molecule has 120 valence electrons. The molecule has 0 aliphatic carbocycles. The van der Waals surface area contributed by atoms with Crippen LogP contribution in [0.4, 0.5) is 0 Å². The van der Waals surface area contributed by atoms with Crippen LogP contribution in [-0.4, -0.2) is 30.1 Å². The Hall–Kier alpha value is -1.84. The van der Waals surface area contributed by atoms with Gasteiger partial charge in [0.1, 0.15) is 6.10 Å². The first-order chi connectivity index (χ1) is 11.2. The summed E-state index contributed by atoms with van der Waals surface area (Å²) in [5, 5.41) is 0.553. The number of piperidine rings is 1. The molecule has 0 radical (unpaired) electrons. The second-order valence-electron chi connectivity index (χ2n) is 5.88. The van der Waals surface area contributed by atoms with Crippen LogP contribution in [0.2, 0.25) is 5.02 Å². The molecule has 2 aromatic carbocycles. The molecule has 0 bridgehead atoms. The molecule has 0 N–H and O–H groups in total. The van der Waals surface area contributed by atoms with Gasteiger partial charge in [0.25, 0.3) is 0 Å². The topological polar surface area (TPSA) is 29.5 Å². The van der Waals surface area contributed by atoms with E-state index in [2.05, 4.69) is 29.2 Å². The molecule has 0 atom stereocenters. The highest BCUT2D eigenvalue weighted by Gasteiger charge is 2.22. The number of hydrogen-bond donors (Lipinski definition) is 0. The molecule has 1 saturated heterocycles. The molecule has 3 rings (SSSR count). The number of rotatable bonds is 4. The Morgan fingerprint density at radius 1 is 1.09 bits per heavy atom. The number of carbonyl (C=O) groups excluding carboxylic acids is 1. The zero-order valence-corrected chi connectivity index (χ0v) is 13.7. The summed E-state index contributed by atoms with van der Waals surface area (Å²) in [6.45, 7) is 2.85. The van der Waals surface area contributed by atoms with Crippen molar-refractivity contribution < 1.29 is 9.53 Å². The molecule has 23 heavy (non-hydrogen) atoms. The lowest BCUT2D eigenvalue weighted by Crippen LogP contribution is -2.37. The fraction of sp³-hybridized carbons (Fsp3) is 0.316. The van der Waals surface area contributed by atoms with Gasteiger partial charge in [0, 0.05) is 24.7 Å². The second-order valence-corrected chi connectivity index (χ2v) is 6.31. The minimum Gasteiger partial charge on any atom is -0.459 e. The number of halogens is 1. The van der Waals surface area contributed by atoms with Gasteiger partial charge in [-0.15, -0.1) is 0 Å². The second kappa shape index (κ2) is 7.62. The Bertz CT molecular complexity index is 651. The van der Waals surface area contributed by atoms with Crippen LogP contribution in [0.5, 0.6) is 0 Å². The van der Waals surface area contributed by atoms with E-state index in [4.69, 9.17) is 16.3 Å². The SMILES string of the molecule is O=C(OC1CCN(Cc2ccccc2)CC1)c1cccc(Cl)c1. The molecule has 1 heterocycles. The van der Waals surface area contributed by atoms with E-state index in [0.29, 0.717) is 10.6 Å². The molecule has 1 aliphatic rings. The van der Waals surface area contributed by atoms with Crippen LogP contribution < -0.4 is 0 Å². The quantitative estimate of drug-likeness (QED) is 0.789. The summed E-state index contributed by atoms with van der Waals surface area (Å²) in [5.74, 6) is -0.283. The van der Waals surface area contributed by atoms with Crippen molar-refractivity contribution in [3.8, 4) is 0 Å². The summed E-state index contributed by atoms with van der Waals surface area (Å²) >= 11 is 5.91. The van der Waals surface area contributed by atoms with Crippen LogP contribution in [0.3, 0.4) is 0 Å². The number of carbonyl (C=O) groups is 1. The van der Waals surface area contributed by atoms with Crippen molar-refractivity contribution in [2.75, 3.05) is 13.1 Å². The molecule has 3 nitrogen and oxygen atoms in total. The van der Waals surface area contributed by atoms with Gasteiger partial charge in [-0.25, -0.2) is 4.79 Å². The predicted molar refractivity (Wildman–Crippen MR) is 91.6 cm³/mol. The standard InChI is InChI=1S/C19H20ClNO2/c20-17-8-4-7-16(13-17)19(22)23-18-9-11-21(12-10-18)14-15-5-2-1-3-6-15/h1-8,13,18H,9-12,14H2. The van der Waals surface area contributed by atoms with E-state index in [1.54, 1.807) is 24.3 Å². The van der Waals surface area contributed by atoms with Crippen molar-refractivity contribution in [1.29, 1.82) is 0 Å². The lowest BCUT2D eigenvalue weighted by Gasteiger charge is -2.31. The van der Waals surface area contributed by atoms with Crippen molar-refractivity contribution >= 4 is 17.6 Å². The van der Waals surface area contributed by atoms with E-state index in [0.717, 1.165) is 32.5 Å². The van der Waals surface area contributed by atoms with E-state index in [1.807, 2.05) is 6.07 Å². The van der Waals surface area contributed by atoms with Gasteiger partial charge < -0.3 is 4.74 Å². The van der Waals surface area contributed by atoms with Crippen LogP contribution in [0.15, 0.2) is 54.6 Å². The Kier molecular flexibility index (Phi) is 5.31. The maximum atomic E-state index is 12.1. The Balaban J connectivity index is 1.48. The van der Waals surface area contributed by atoms with Crippen LogP contribution in [0, 0.1) is 0 Å². The van der Waals surface area contributed by atoms with Gasteiger partial charge >= 0.3 is 5.97 Å². The molecule has 0 spiro atoms. The first-order valence-electron chi connectivity index (χ1n) is 7.93. The van der Waals surface area contributed by atoms with Gasteiger partial charge in [-0.2, -0.15) is 0 Å². The van der Waals surface area contributed by atoms with Crippen molar-refractivity contribution in [2.24, 2.45) is 0 Å². The molecule has 0 amide bonds. The van der Waals surface area contributed by atoms with E-state index < -0.39 is 0 Å². The molecule has 0 aromatic heterocycles. The van der Waals surface area contributed by atoms with Gasteiger partial charge in [0.2, 0.25) is 0 Å². The molecule has 1 aliphatic heterocycles. The van der Waals surface area contributed by atoms with E-state index in [-0.39, 0.29) is 12.1 Å². The average molecular weight is 330 g/mol. The first-order valence-corrected chi connectivity index (χ1v) is 8.31. The summed E-state index contributed by atoms with van der Waals surface area (Å²) < 4.78 is 5.61. The zero-order valence-electron chi connectivity index (χ0n) is 13.0. The van der Waals surface area contributed by atoms with Gasteiger partial charge in [0.15, 0.2) is 0 Å². The maximum absolute atomic E-state index is 12.1. The van der Waals surface area contributed by atoms with Crippen molar-refractivity contribution in [1.82, 2.24) is 4.90 Å². The summed E-state index contributed by atoms with van der Waals surface area (Å²) in [6.07, 6.45) is 1.74. The van der Waals surface area contributed by atoms with Crippen LogP contribution in [0.1, 0.15) is 28.8 Å². The minimum absolute atomic E-state index is 0.00601. The fourth-order valence-corrected chi connectivity index (χ4v) is 3.05. The Morgan fingerprint density at radius 2 is 1.83 bits per heavy atom. The smallest absolute Gasteiger partial charge is 0.338 e. The van der Waals surface area contributed by atoms with Crippen LogP contribution in [-0.2, 0) is 11.3 Å². The predicted octanol–water partition coefficient (Wildman–Crippen LogP) is 4.16. The monoisotopic (exact) mass is 329 g/mol. The van der Waals surface area contributed by atoms with E-state index in [9.17, 15) is 4.79 Å². The zero-order chi connectivity index (χ0) is 16.1. The molecule has 4 heteroatoms. The molecule has 1 fully saturated rings. The number of nitrogens with zero attached hydrogens (tertiary/aromatic N) is 1. The largest absolute Gasteiger partial charge is 0.459 e. The van der Waals surface area contributed by atoms with Crippen molar-refractivity contribution in [3.05, 3.63) is 70.7 Å². The Labute approximate surface area is 141 Å². The van der Waals surface area contributed by atoms with E-state index in [1.165, 1.54) is 5.56 Å². The summed E-state index contributed by atoms with van der Waals surface area (Å²) in [4.78, 5) is 14.5. The van der Waals surface area contributed by atoms with Gasteiger partial charge in [-0.1, -0.05) is 48.0 Å². The van der Waals surface area contributed by atoms with Crippen LogP contribution >= 0.6 is 11.6 Å². The molecule has 0 unspecified atom stereocenters. The minimum atomic E-state index is -0.283. The highest BCUT2D eigenvalue weighted by Crippen LogP contribution is 2.19. The van der Waals surface area contributed by atoms with Crippen molar-refractivity contribution in [2.45, 2.75) is 25.5 Å². The molecule has 0 saturated carbocycles. The number of esters is 1. The van der Waals surface area contributed by atoms with Gasteiger partial charge in [0.05, 0.1) is 5.56 Å². The van der Waals surface area contributed by atoms with Crippen molar-refractivity contribution in [3.63, 3.8) is 0 Å². The first kappa shape index (κ1) is 16.0. The van der Waals surface area contributed by atoms with Gasteiger partial charge in [-0.05, 0) is 36.6 Å². The highest BCUT2D eigenvalue weighted by atomic mass is 35.5. The Morgan fingerprint density at radius 3 is 2.52 bits per heavy atom. The number of hydrogen-bond acceptors (Lipinski definition) is 3. The third-order valence-electron chi connectivity index (χ3n) is 4.12. The lowest BCUT2D eigenvalue weighted by molar-refractivity contribution is 0.0104.